The summed E-state index contributed by atoms with van der Waals surface area (Å²) in [6, 6.07) is 10.2. The van der Waals surface area contributed by atoms with Gasteiger partial charge in [-0.25, -0.2) is 13.2 Å². The summed E-state index contributed by atoms with van der Waals surface area (Å²) in [6.45, 7) is 1.31. The summed E-state index contributed by atoms with van der Waals surface area (Å²) < 4.78 is 30.0. The van der Waals surface area contributed by atoms with Crippen LogP contribution in [0.4, 0.5) is 17.1 Å². The number of hydrogen-bond acceptors (Lipinski definition) is 6. The minimum absolute atomic E-state index is 0.00807. The van der Waals surface area contributed by atoms with E-state index >= 15 is 0 Å². The van der Waals surface area contributed by atoms with E-state index in [4.69, 9.17) is 0 Å². The van der Waals surface area contributed by atoms with Crippen LogP contribution in [0.1, 0.15) is 27.6 Å². The molecule has 2 aromatic carbocycles. The second-order valence-electron chi connectivity index (χ2n) is 5.84. The lowest BCUT2D eigenvalue weighted by Crippen LogP contribution is -2.18. The van der Waals surface area contributed by atoms with Crippen molar-refractivity contribution in [1.82, 2.24) is 0 Å². The average molecular weight is 405 g/mol. The molecule has 9 nitrogen and oxygen atoms in total. The highest BCUT2D eigenvalue weighted by molar-refractivity contribution is 7.92. The number of methoxy groups -OCH3 is 1. The first kappa shape index (κ1) is 20.9. The number of carbonyl (C=O) groups excluding carboxylic acids is 3. The molecule has 3 N–H and O–H groups in total. The monoisotopic (exact) mass is 405 g/mol. The second kappa shape index (κ2) is 8.53. The van der Waals surface area contributed by atoms with Crippen LogP contribution >= 0.6 is 0 Å². The number of benzene rings is 2. The van der Waals surface area contributed by atoms with Gasteiger partial charge in [-0.3, -0.25) is 14.3 Å². The van der Waals surface area contributed by atoms with Crippen LogP contribution < -0.4 is 15.4 Å². The van der Waals surface area contributed by atoms with Gasteiger partial charge in [-0.05, 0) is 42.5 Å². The van der Waals surface area contributed by atoms with E-state index in [0.717, 1.165) is 6.26 Å². The topological polar surface area (TPSA) is 131 Å². The number of ether oxygens (including phenoxy) is 1. The molecule has 0 spiro atoms. The highest BCUT2D eigenvalue weighted by Crippen LogP contribution is 2.23. The number of carbonyl (C=O) groups is 3. The van der Waals surface area contributed by atoms with Gasteiger partial charge in [0.2, 0.25) is 15.9 Å². The molecule has 0 radical (unpaired) electrons. The van der Waals surface area contributed by atoms with Gasteiger partial charge in [0, 0.05) is 18.3 Å². The van der Waals surface area contributed by atoms with Gasteiger partial charge in [0.1, 0.15) is 0 Å². The summed E-state index contributed by atoms with van der Waals surface area (Å²) in [4.78, 5) is 35.4. The molecule has 2 rings (SSSR count). The van der Waals surface area contributed by atoms with E-state index in [1.807, 2.05) is 0 Å². The third-order valence-electron chi connectivity index (χ3n) is 3.44. The SMILES string of the molecule is COC(=O)c1ccc(NC(=O)c2cc(NC(C)=O)ccc2NS(C)(=O)=O)cc1. The van der Waals surface area contributed by atoms with Gasteiger partial charge in [0.25, 0.3) is 5.91 Å². The molecule has 0 heterocycles. The number of esters is 1. The van der Waals surface area contributed by atoms with Gasteiger partial charge in [0.15, 0.2) is 0 Å². The van der Waals surface area contributed by atoms with E-state index in [1.54, 1.807) is 0 Å². The lowest BCUT2D eigenvalue weighted by molar-refractivity contribution is -0.114. The number of anilines is 3. The van der Waals surface area contributed by atoms with Crippen molar-refractivity contribution in [2.24, 2.45) is 0 Å². The zero-order valence-corrected chi connectivity index (χ0v) is 16.2. The van der Waals surface area contributed by atoms with E-state index in [2.05, 4.69) is 20.1 Å². The molecule has 0 saturated heterocycles. The van der Waals surface area contributed by atoms with E-state index in [0.29, 0.717) is 16.9 Å². The Morgan fingerprint density at radius 3 is 2.07 bits per heavy atom. The fourth-order valence-corrected chi connectivity index (χ4v) is 2.89. The van der Waals surface area contributed by atoms with Crippen LogP contribution in [0.3, 0.4) is 0 Å². The maximum Gasteiger partial charge on any atom is 0.337 e. The van der Waals surface area contributed by atoms with Crippen molar-refractivity contribution in [3.8, 4) is 0 Å². The maximum absolute atomic E-state index is 12.7. The zero-order valence-electron chi connectivity index (χ0n) is 15.4. The third-order valence-corrected chi connectivity index (χ3v) is 4.03. The second-order valence-corrected chi connectivity index (χ2v) is 7.59. The first-order valence-electron chi connectivity index (χ1n) is 7.98. The first-order chi connectivity index (χ1) is 13.1. The molecule has 148 valence electrons. The zero-order chi connectivity index (χ0) is 20.9. The van der Waals surface area contributed by atoms with Crippen molar-refractivity contribution in [1.29, 1.82) is 0 Å². The van der Waals surface area contributed by atoms with Crippen molar-refractivity contribution in [3.05, 3.63) is 53.6 Å². The van der Waals surface area contributed by atoms with E-state index in [9.17, 15) is 22.8 Å². The molecule has 0 unspecified atom stereocenters. The Balaban J connectivity index is 2.33. The van der Waals surface area contributed by atoms with Gasteiger partial charge in [-0.2, -0.15) is 0 Å². The third kappa shape index (κ3) is 5.81. The van der Waals surface area contributed by atoms with Crippen LogP contribution in [0.25, 0.3) is 0 Å². The molecular weight excluding hydrogens is 386 g/mol. The Bertz CT molecular complexity index is 1020. The summed E-state index contributed by atoms with van der Waals surface area (Å²) in [5.74, 6) is -1.46. The lowest BCUT2D eigenvalue weighted by Gasteiger charge is -2.13. The maximum atomic E-state index is 12.7. The minimum atomic E-state index is -3.63. The van der Waals surface area contributed by atoms with Gasteiger partial charge in [-0.1, -0.05) is 0 Å². The first-order valence-corrected chi connectivity index (χ1v) is 9.87. The smallest absolute Gasteiger partial charge is 0.337 e. The lowest BCUT2D eigenvalue weighted by atomic mass is 10.1. The van der Waals surface area contributed by atoms with E-state index in [1.165, 1.54) is 56.5 Å². The highest BCUT2D eigenvalue weighted by Gasteiger charge is 2.16. The van der Waals surface area contributed by atoms with E-state index < -0.39 is 21.9 Å². The summed E-state index contributed by atoms with van der Waals surface area (Å²) >= 11 is 0. The highest BCUT2D eigenvalue weighted by atomic mass is 32.2. The van der Waals surface area contributed by atoms with Crippen LogP contribution in [0.5, 0.6) is 0 Å². The molecule has 0 saturated carbocycles. The average Bonchev–Trinajstić information content (AvgIpc) is 2.61. The molecule has 2 aromatic rings. The Hall–Kier alpha value is -3.40. The number of sulfonamides is 1. The predicted molar refractivity (Wildman–Crippen MR) is 105 cm³/mol. The summed E-state index contributed by atoms with van der Waals surface area (Å²) in [7, 11) is -2.37. The molecular formula is C18H19N3O6S. The number of rotatable bonds is 6. The molecule has 0 fully saturated rings. The van der Waals surface area contributed by atoms with Crippen LogP contribution in [-0.2, 0) is 19.6 Å². The van der Waals surface area contributed by atoms with E-state index in [-0.39, 0.29) is 17.2 Å². The minimum Gasteiger partial charge on any atom is -0.465 e. The standard InChI is InChI=1S/C18H19N3O6S/c1-11(22)19-14-8-9-16(21-28(3,25)26)15(10-14)17(23)20-13-6-4-12(5-7-13)18(24)27-2/h4-10,21H,1-3H3,(H,19,22)(H,20,23). The Morgan fingerprint density at radius 1 is 0.929 bits per heavy atom. The molecule has 0 aromatic heterocycles. The normalized spacial score (nSPS) is 10.7. The quantitative estimate of drug-likeness (QED) is 0.631. The molecule has 10 heteroatoms. The molecule has 0 aliphatic heterocycles. The molecule has 2 amide bonds. The van der Waals surface area contributed by atoms with Gasteiger partial charge in [0.05, 0.1) is 30.2 Å². The van der Waals surface area contributed by atoms with Gasteiger partial charge < -0.3 is 15.4 Å². The summed E-state index contributed by atoms with van der Waals surface area (Å²) in [5, 5.41) is 5.14. The summed E-state index contributed by atoms with van der Waals surface area (Å²) in [5.41, 5.74) is 1.09. The number of nitrogens with one attached hydrogen (secondary N) is 3. The Labute approximate surface area is 162 Å². The molecule has 0 aliphatic carbocycles. The van der Waals surface area contributed by atoms with Crippen molar-refractivity contribution in [3.63, 3.8) is 0 Å². The van der Waals surface area contributed by atoms with Crippen molar-refractivity contribution >= 4 is 44.9 Å². The molecule has 0 bridgehead atoms. The molecule has 0 atom stereocenters. The molecule has 28 heavy (non-hydrogen) atoms. The fourth-order valence-electron chi connectivity index (χ4n) is 2.31. The van der Waals surface area contributed by atoms with Gasteiger partial charge in [-0.15, -0.1) is 0 Å². The van der Waals surface area contributed by atoms with Crippen LogP contribution in [-0.4, -0.2) is 39.6 Å². The largest absolute Gasteiger partial charge is 0.465 e. The van der Waals surface area contributed by atoms with Crippen molar-refractivity contribution < 1.29 is 27.5 Å². The van der Waals surface area contributed by atoms with Gasteiger partial charge >= 0.3 is 5.97 Å². The number of hydrogen-bond donors (Lipinski definition) is 3. The fraction of sp³-hybridized carbons (Fsp3) is 0.167. The molecule has 0 aliphatic rings. The van der Waals surface area contributed by atoms with Crippen LogP contribution in [0.2, 0.25) is 0 Å². The van der Waals surface area contributed by atoms with Crippen molar-refractivity contribution in [2.75, 3.05) is 28.7 Å². The van der Waals surface area contributed by atoms with Crippen molar-refractivity contribution in [2.45, 2.75) is 6.92 Å². The Kier molecular flexibility index (Phi) is 6.37. The summed E-state index contributed by atoms with van der Waals surface area (Å²) in [6.07, 6.45) is 0.960. The van der Waals surface area contributed by atoms with Crippen LogP contribution in [0.15, 0.2) is 42.5 Å². The number of amides is 2. The predicted octanol–water partition coefficient (Wildman–Crippen LogP) is 2.06. The van der Waals surface area contributed by atoms with Crippen LogP contribution in [0, 0.1) is 0 Å². The Morgan fingerprint density at radius 2 is 1.54 bits per heavy atom.